The Balaban J connectivity index is 1.90. The minimum absolute atomic E-state index is 0.0427. The van der Waals surface area contributed by atoms with Crippen LogP contribution in [-0.2, 0) is 9.59 Å². The third-order valence-electron chi connectivity index (χ3n) is 4.97. The molecule has 1 N–H and O–H groups in total. The molecule has 8 heteroatoms. The van der Waals surface area contributed by atoms with Crippen LogP contribution in [0.15, 0.2) is 81.8 Å². The van der Waals surface area contributed by atoms with Crippen LogP contribution in [0.4, 0.5) is 5.82 Å². The second kappa shape index (κ2) is 8.84. The summed E-state index contributed by atoms with van der Waals surface area (Å²) in [5.74, 6) is -0.694. The number of anilines is 1. The molecule has 0 bridgehead atoms. The second-order valence-corrected chi connectivity index (χ2v) is 8.06. The summed E-state index contributed by atoms with van der Waals surface area (Å²) in [6, 6.07) is 14.4. The maximum absolute atomic E-state index is 13.1. The number of aryl methyl sites for hydroxylation is 1. The maximum Gasteiger partial charge on any atom is 0.301 e. The van der Waals surface area contributed by atoms with E-state index < -0.39 is 17.7 Å². The van der Waals surface area contributed by atoms with Crippen LogP contribution in [0.1, 0.15) is 22.9 Å². The minimum Gasteiger partial charge on any atom is -0.507 e. The Labute approximate surface area is 192 Å². The van der Waals surface area contributed by atoms with Crippen LogP contribution in [0, 0.1) is 6.92 Å². The van der Waals surface area contributed by atoms with Crippen molar-refractivity contribution in [2.24, 2.45) is 0 Å². The summed E-state index contributed by atoms with van der Waals surface area (Å²) in [6.07, 6.45) is 1.62. The van der Waals surface area contributed by atoms with Crippen molar-refractivity contribution in [2.45, 2.75) is 13.0 Å². The number of hydrogen-bond donors (Lipinski definition) is 1. The summed E-state index contributed by atoms with van der Waals surface area (Å²) in [7, 11) is 0. The molecule has 7 nitrogen and oxygen atoms in total. The SMILES string of the molecule is C=CCOc1cccc([C@@H]2C(=C(O)c3ccc(Br)cc3)C(=O)C(=O)N2c2cc(C)on2)c1. The van der Waals surface area contributed by atoms with Crippen molar-refractivity contribution in [1.29, 1.82) is 0 Å². The van der Waals surface area contributed by atoms with Crippen molar-refractivity contribution < 1.29 is 24.0 Å². The molecule has 1 fully saturated rings. The number of Topliss-reactive ketones (excluding diaryl/α,β-unsaturated/α-hetero) is 1. The topological polar surface area (TPSA) is 92.9 Å². The Kier molecular flexibility index (Phi) is 5.96. The molecule has 4 rings (SSSR count). The number of hydrogen-bond acceptors (Lipinski definition) is 6. The molecule has 1 aromatic heterocycles. The van der Waals surface area contributed by atoms with Crippen molar-refractivity contribution in [3.63, 3.8) is 0 Å². The van der Waals surface area contributed by atoms with Gasteiger partial charge in [0.05, 0.1) is 11.6 Å². The maximum atomic E-state index is 13.1. The molecule has 2 heterocycles. The van der Waals surface area contributed by atoms with E-state index in [1.807, 2.05) is 0 Å². The van der Waals surface area contributed by atoms with Crippen molar-refractivity contribution in [3.8, 4) is 5.75 Å². The molecule has 0 radical (unpaired) electrons. The van der Waals surface area contributed by atoms with Crippen LogP contribution >= 0.6 is 15.9 Å². The van der Waals surface area contributed by atoms with Crippen molar-refractivity contribution in [3.05, 3.63) is 94.2 Å². The highest BCUT2D eigenvalue weighted by atomic mass is 79.9. The predicted octanol–water partition coefficient (Wildman–Crippen LogP) is 4.94. The highest BCUT2D eigenvalue weighted by Gasteiger charge is 2.48. The lowest BCUT2D eigenvalue weighted by Crippen LogP contribution is -2.29. The monoisotopic (exact) mass is 494 g/mol. The summed E-state index contributed by atoms with van der Waals surface area (Å²) >= 11 is 3.35. The third kappa shape index (κ3) is 3.97. The Morgan fingerprint density at radius 3 is 2.66 bits per heavy atom. The highest BCUT2D eigenvalue weighted by molar-refractivity contribution is 9.10. The van der Waals surface area contributed by atoms with Gasteiger partial charge in [0, 0.05) is 16.1 Å². The van der Waals surface area contributed by atoms with E-state index in [-0.39, 0.29) is 17.2 Å². The van der Waals surface area contributed by atoms with Crippen LogP contribution in [0.25, 0.3) is 5.76 Å². The van der Waals surface area contributed by atoms with Gasteiger partial charge in [0.2, 0.25) is 0 Å². The van der Waals surface area contributed by atoms with Gasteiger partial charge < -0.3 is 14.4 Å². The van der Waals surface area contributed by atoms with Crippen LogP contribution in [0.2, 0.25) is 0 Å². The zero-order valence-electron chi connectivity index (χ0n) is 17.1. The van der Waals surface area contributed by atoms with Crippen LogP contribution in [-0.4, -0.2) is 28.6 Å². The average Bonchev–Trinajstić information content (AvgIpc) is 3.33. The molecule has 1 aliphatic heterocycles. The first-order valence-electron chi connectivity index (χ1n) is 9.74. The molecule has 0 saturated carbocycles. The quantitative estimate of drug-likeness (QED) is 0.226. The van der Waals surface area contributed by atoms with Gasteiger partial charge in [-0.1, -0.05) is 58.0 Å². The fraction of sp³-hybridized carbons (Fsp3) is 0.125. The number of aliphatic hydroxyl groups excluding tert-OH is 1. The molecule has 1 atom stereocenters. The van der Waals surface area contributed by atoms with Gasteiger partial charge in [0.15, 0.2) is 5.82 Å². The number of carbonyl (C=O) groups excluding carboxylic acids is 2. The molecule has 1 saturated heterocycles. The number of halogens is 1. The standard InChI is InChI=1S/C24H19BrN2O5/c1-3-11-31-18-6-4-5-16(13-18)21-20(22(28)15-7-9-17(25)10-8-15)23(29)24(30)27(21)19-12-14(2)32-26-19/h3-10,12-13,21,28H,1,11H2,2H3/t21-/m1/s1. The number of aliphatic hydroxyl groups is 1. The number of rotatable bonds is 6. The van der Waals surface area contributed by atoms with Gasteiger partial charge in [-0.05, 0) is 36.8 Å². The van der Waals surface area contributed by atoms with Gasteiger partial charge >= 0.3 is 5.91 Å². The number of ketones is 1. The van der Waals surface area contributed by atoms with E-state index in [4.69, 9.17) is 9.26 Å². The van der Waals surface area contributed by atoms with E-state index in [1.54, 1.807) is 67.6 Å². The molecule has 2 aromatic carbocycles. The summed E-state index contributed by atoms with van der Waals surface area (Å²) in [6.45, 7) is 5.62. The Bertz CT molecular complexity index is 1230. The zero-order valence-corrected chi connectivity index (χ0v) is 18.7. The first-order chi connectivity index (χ1) is 15.4. The van der Waals surface area contributed by atoms with Gasteiger partial charge in [-0.3, -0.25) is 14.5 Å². The van der Waals surface area contributed by atoms with Gasteiger partial charge in [-0.2, -0.15) is 0 Å². The molecule has 162 valence electrons. The Hall–Kier alpha value is -3.65. The molecule has 0 unspecified atom stereocenters. The van der Waals surface area contributed by atoms with Gasteiger partial charge in [-0.15, -0.1) is 0 Å². The lowest BCUT2D eigenvalue weighted by atomic mass is 9.95. The molecular formula is C24H19BrN2O5. The van der Waals surface area contributed by atoms with E-state index >= 15 is 0 Å². The van der Waals surface area contributed by atoms with E-state index in [0.29, 0.717) is 29.2 Å². The molecule has 3 aromatic rings. The average molecular weight is 495 g/mol. The van der Waals surface area contributed by atoms with E-state index in [1.165, 1.54) is 4.90 Å². The van der Waals surface area contributed by atoms with Crippen LogP contribution in [0.3, 0.4) is 0 Å². The Morgan fingerprint density at radius 1 is 1.25 bits per heavy atom. The minimum atomic E-state index is -0.921. The molecule has 1 aliphatic rings. The predicted molar refractivity (Wildman–Crippen MR) is 122 cm³/mol. The zero-order chi connectivity index (χ0) is 22.8. The van der Waals surface area contributed by atoms with Crippen molar-refractivity contribution in [1.82, 2.24) is 5.16 Å². The number of ether oxygens (including phenoxy) is 1. The fourth-order valence-corrected chi connectivity index (χ4v) is 3.81. The van der Waals surface area contributed by atoms with Gasteiger partial charge in [-0.25, -0.2) is 0 Å². The Morgan fingerprint density at radius 2 is 2.00 bits per heavy atom. The van der Waals surface area contributed by atoms with Crippen LogP contribution < -0.4 is 9.64 Å². The summed E-state index contributed by atoms with van der Waals surface area (Å²) in [4.78, 5) is 27.4. The van der Waals surface area contributed by atoms with Crippen molar-refractivity contribution in [2.75, 3.05) is 11.5 Å². The van der Waals surface area contributed by atoms with Crippen LogP contribution in [0.5, 0.6) is 5.75 Å². The summed E-state index contributed by atoms with van der Waals surface area (Å²) in [5, 5.41) is 15.0. The van der Waals surface area contributed by atoms with Gasteiger partial charge in [0.1, 0.15) is 23.9 Å². The fourth-order valence-electron chi connectivity index (χ4n) is 3.54. The first kappa shape index (κ1) is 21.6. The normalized spacial score (nSPS) is 17.6. The number of nitrogens with zero attached hydrogens (tertiary/aromatic N) is 2. The third-order valence-corrected chi connectivity index (χ3v) is 5.49. The molecule has 0 spiro atoms. The number of amides is 1. The largest absolute Gasteiger partial charge is 0.507 e. The van der Waals surface area contributed by atoms with E-state index in [9.17, 15) is 14.7 Å². The number of carbonyl (C=O) groups is 2. The number of aromatic nitrogens is 1. The first-order valence-corrected chi connectivity index (χ1v) is 10.5. The summed E-state index contributed by atoms with van der Waals surface area (Å²) in [5.41, 5.74) is 0.940. The molecular weight excluding hydrogens is 476 g/mol. The molecule has 32 heavy (non-hydrogen) atoms. The van der Waals surface area contributed by atoms with Gasteiger partial charge in [0.25, 0.3) is 5.78 Å². The van der Waals surface area contributed by atoms with Crippen molar-refractivity contribution >= 4 is 39.2 Å². The smallest absolute Gasteiger partial charge is 0.301 e. The molecule has 1 amide bonds. The van der Waals surface area contributed by atoms with E-state index in [0.717, 1.165) is 4.47 Å². The lowest BCUT2D eigenvalue weighted by molar-refractivity contribution is -0.132. The summed E-state index contributed by atoms with van der Waals surface area (Å²) < 4.78 is 11.6. The molecule has 0 aliphatic carbocycles. The number of benzene rings is 2. The van der Waals surface area contributed by atoms with E-state index in [2.05, 4.69) is 27.7 Å². The second-order valence-electron chi connectivity index (χ2n) is 7.14. The lowest BCUT2D eigenvalue weighted by Gasteiger charge is -2.23. The highest BCUT2D eigenvalue weighted by Crippen LogP contribution is 2.42.